The average Bonchev–Trinajstić information content (AvgIpc) is 3.03. The van der Waals surface area contributed by atoms with Gasteiger partial charge in [0.15, 0.2) is 0 Å². The Labute approximate surface area is 132 Å². The maximum atomic E-state index is 6.04. The van der Waals surface area contributed by atoms with Gasteiger partial charge in [-0.05, 0) is 50.6 Å². The van der Waals surface area contributed by atoms with Crippen molar-refractivity contribution >= 4 is 0 Å². The fourth-order valence-electron chi connectivity index (χ4n) is 3.15. The summed E-state index contributed by atoms with van der Waals surface area (Å²) >= 11 is 0. The molecule has 22 heavy (non-hydrogen) atoms. The Bertz CT molecular complexity index is 585. The molecule has 1 aliphatic heterocycles. The number of para-hydroxylation sites is 1. The maximum absolute atomic E-state index is 6.04. The van der Waals surface area contributed by atoms with Crippen LogP contribution in [0.2, 0.25) is 0 Å². The zero-order valence-corrected chi connectivity index (χ0v) is 13.2. The Balaban J connectivity index is 1.81. The van der Waals surface area contributed by atoms with Gasteiger partial charge in [-0.1, -0.05) is 37.6 Å². The molecule has 2 heterocycles. The summed E-state index contributed by atoms with van der Waals surface area (Å²) < 4.78 is 6.04. The van der Waals surface area contributed by atoms with E-state index in [2.05, 4.69) is 22.9 Å². The second-order valence-corrected chi connectivity index (χ2v) is 5.86. The van der Waals surface area contributed by atoms with E-state index in [4.69, 9.17) is 4.74 Å². The highest BCUT2D eigenvalue weighted by Crippen LogP contribution is 2.37. The summed E-state index contributed by atoms with van der Waals surface area (Å²) in [6.45, 7) is 4.60. The van der Waals surface area contributed by atoms with E-state index < -0.39 is 0 Å². The van der Waals surface area contributed by atoms with Crippen molar-refractivity contribution in [2.45, 2.75) is 38.6 Å². The van der Waals surface area contributed by atoms with Gasteiger partial charge in [0.1, 0.15) is 5.75 Å². The third-order valence-electron chi connectivity index (χ3n) is 4.28. The van der Waals surface area contributed by atoms with Crippen molar-refractivity contribution in [1.82, 2.24) is 9.88 Å². The number of unbranched alkanes of at least 4 members (excludes halogenated alkanes) is 1. The van der Waals surface area contributed by atoms with E-state index in [9.17, 15) is 0 Å². The summed E-state index contributed by atoms with van der Waals surface area (Å²) in [4.78, 5) is 7.07. The largest absolute Gasteiger partial charge is 0.439 e. The fraction of sp³-hybridized carbons (Fsp3) is 0.421. The molecule has 3 heteroatoms. The summed E-state index contributed by atoms with van der Waals surface area (Å²) in [5.41, 5.74) is 1.22. The second-order valence-electron chi connectivity index (χ2n) is 5.86. The number of hydrogen-bond donors (Lipinski definition) is 0. The minimum atomic E-state index is 0.443. The number of nitrogens with zero attached hydrogens (tertiary/aromatic N) is 2. The van der Waals surface area contributed by atoms with Crippen LogP contribution in [0.25, 0.3) is 0 Å². The lowest BCUT2D eigenvalue weighted by Gasteiger charge is -2.25. The molecule has 1 unspecified atom stereocenters. The lowest BCUT2D eigenvalue weighted by molar-refractivity contribution is 0.248. The number of likely N-dealkylation sites (tertiary alicyclic amines) is 1. The molecule has 0 spiro atoms. The molecule has 1 aromatic carbocycles. The van der Waals surface area contributed by atoms with Gasteiger partial charge in [0, 0.05) is 17.8 Å². The normalized spacial score (nSPS) is 18.5. The van der Waals surface area contributed by atoms with Crippen LogP contribution in [0.15, 0.2) is 48.7 Å². The van der Waals surface area contributed by atoms with Crippen LogP contribution in [0.3, 0.4) is 0 Å². The number of benzene rings is 1. The molecular weight excluding hydrogens is 272 g/mol. The number of ether oxygens (including phenoxy) is 1. The molecular formula is C19H24N2O. The second kappa shape index (κ2) is 7.41. The third-order valence-corrected chi connectivity index (χ3v) is 4.28. The highest BCUT2D eigenvalue weighted by Gasteiger charge is 2.28. The highest BCUT2D eigenvalue weighted by atomic mass is 16.5. The minimum absolute atomic E-state index is 0.443. The Morgan fingerprint density at radius 1 is 1.18 bits per heavy atom. The van der Waals surface area contributed by atoms with Gasteiger partial charge in [0.2, 0.25) is 5.88 Å². The van der Waals surface area contributed by atoms with Crippen molar-refractivity contribution in [2.75, 3.05) is 13.1 Å². The minimum Gasteiger partial charge on any atom is -0.439 e. The van der Waals surface area contributed by atoms with Crippen molar-refractivity contribution in [3.05, 3.63) is 54.2 Å². The summed E-state index contributed by atoms with van der Waals surface area (Å²) in [6.07, 6.45) is 6.76. The van der Waals surface area contributed by atoms with E-state index in [-0.39, 0.29) is 0 Å². The molecule has 0 bridgehead atoms. The van der Waals surface area contributed by atoms with Gasteiger partial charge in [0.25, 0.3) is 0 Å². The zero-order chi connectivity index (χ0) is 15.2. The van der Waals surface area contributed by atoms with Gasteiger partial charge in [-0.3, -0.25) is 4.90 Å². The molecule has 0 N–H and O–H groups in total. The highest BCUT2D eigenvalue weighted by molar-refractivity contribution is 5.34. The van der Waals surface area contributed by atoms with Gasteiger partial charge in [-0.15, -0.1) is 0 Å². The maximum Gasteiger partial charge on any atom is 0.223 e. The lowest BCUT2D eigenvalue weighted by Crippen LogP contribution is -2.24. The van der Waals surface area contributed by atoms with Crippen LogP contribution in [0.5, 0.6) is 11.6 Å². The lowest BCUT2D eigenvalue weighted by atomic mass is 10.1. The Kier molecular flexibility index (Phi) is 5.07. The molecule has 2 aromatic rings. The first-order valence-corrected chi connectivity index (χ1v) is 8.30. The van der Waals surface area contributed by atoms with E-state index in [0.717, 1.165) is 11.6 Å². The Morgan fingerprint density at radius 2 is 2.05 bits per heavy atom. The van der Waals surface area contributed by atoms with E-state index >= 15 is 0 Å². The molecule has 1 fully saturated rings. The van der Waals surface area contributed by atoms with Crippen LogP contribution < -0.4 is 4.74 Å². The first kappa shape index (κ1) is 15.0. The standard InChI is InChI=1S/C19H24N2O/c1-2-3-14-21-15-8-12-18(21)17-11-7-13-20-19(17)22-16-9-5-4-6-10-16/h4-7,9-11,13,18H,2-3,8,12,14-15H2,1H3. The van der Waals surface area contributed by atoms with Crippen molar-refractivity contribution < 1.29 is 4.74 Å². The van der Waals surface area contributed by atoms with Gasteiger partial charge in [-0.2, -0.15) is 0 Å². The van der Waals surface area contributed by atoms with Crippen molar-refractivity contribution in [2.24, 2.45) is 0 Å². The van der Waals surface area contributed by atoms with Crippen LogP contribution in [0, 0.1) is 0 Å². The van der Waals surface area contributed by atoms with Crippen molar-refractivity contribution in [3.8, 4) is 11.6 Å². The number of aromatic nitrogens is 1. The first-order valence-electron chi connectivity index (χ1n) is 8.30. The molecule has 1 atom stereocenters. The van der Waals surface area contributed by atoms with Crippen molar-refractivity contribution in [1.29, 1.82) is 0 Å². The molecule has 0 radical (unpaired) electrons. The Morgan fingerprint density at radius 3 is 2.86 bits per heavy atom. The molecule has 1 aliphatic rings. The van der Waals surface area contributed by atoms with Crippen LogP contribution in [0.1, 0.15) is 44.2 Å². The van der Waals surface area contributed by atoms with Gasteiger partial charge in [-0.25, -0.2) is 4.98 Å². The predicted octanol–water partition coefficient (Wildman–Crippen LogP) is 4.81. The van der Waals surface area contributed by atoms with Gasteiger partial charge in [0.05, 0.1) is 0 Å². The molecule has 3 nitrogen and oxygen atoms in total. The molecule has 1 saturated heterocycles. The van der Waals surface area contributed by atoms with E-state index in [0.29, 0.717) is 6.04 Å². The third kappa shape index (κ3) is 3.47. The fourth-order valence-corrected chi connectivity index (χ4v) is 3.15. The molecule has 1 aromatic heterocycles. The molecule has 0 saturated carbocycles. The van der Waals surface area contributed by atoms with Crippen LogP contribution in [0.4, 0.5) is 0 Å². The zero-order valence-electron chi connectivity index (χ0n) is 13.2. The Hall–Kier alpha value is -1.87. The molecule has 3 rings (SSSR count). The first-order chi connectivity index (χ1) is 10.9. The van der Waals surface area contributed by atoms with Crippen LogP contribution in [-0.2, 0) is 0 Å². The van der Waals surface area contributed by atoms with Gasteiger partial charge < -0.3 is 4.74 Å². The molecule has 116 valence electrons. The molecule has 0 amide bonds. The monoisotopic (exact) mass is 296 g/mol. The summed E-state index contributed by atoms with van der Waals surface area (Å²) in [6, 6.07) is 14.5. The number of hydrogen-bond acceptors (Lipinski definition) is 3. The van der Waals surface area contributed by atoms with Crippen LogP contribution >= 0.6 is 0 Å². The quantitative estimate of drug-likeness (QED) is 0.765. The smallest absolute Gasteiger partial charge is 0.223 e. The van der Waals surface area contributed by atoms with Crippen LogP contribution in [-0.4, -0.2) is 23.0 Å². The number of pyridine rings is 1. The topological polar surface area (TPSA) is 25.4 Å². The summed E-state index contributed by atoms with van der Waals surface area (Å²) in [7, 11) is 0. The van der Waals surface area contributed by atoms with Gasteiger partial charge >= 0.3 is 0 Å². The van der Waals surface area contributed by atoms with E-state index in [1.807, 2.05) is 42.6 Å². The predicted molar refractivity (Wildman–Crippen MR) is 89.2 cm³/mol. The summed E-state index contributed by atoms with van der Waals surface area (Å²) in [5, 5.41) is 0. The molecule has 0 aliphatic carbocycles. The van der Waals surface area contributed by atoms with E-state index in [1.165, 1.54) is 44.3 Å². The summed E-state index contributed by atoms with van der Waals surface area (Å²) in [5.74, 6) is 1.60. The van der Waals surface area contributed by atoms with Crippen molar-refractivity contribution in [3.63, 3.8) is 0 Å². The SMILES string of the molecule is CCCCN1CCCC1c1cccnc1Oc1ccccc1. The average molecular weight is 296 g/mol. The number of rotatable bonds is 6. The van der Waals surface area contributed by atoms with E-state index in [1.54, 1.807) is 0 Å².